The van der Waals surface area contributed by atoms with E-state index in [1.165, 1.54) is 5.56 Å². The summed E-state index contributed by atoms with van der Waals surface area (Å²) in [5.74, 6) is 0.625. The molecule has 0 saturated heterocycles. The normalized spacial score (nSPS) is 11.9. The Morgan fingerprint density at radius 3 is 2.22 bits per heavy atom. The topological polar surface area (TPSA) is 38.3 Å². The van der Waals surface area contributed by atoms with Gasteiger partial charge in [0.25, 0.3) is 5.91 Å². The third kappa shape index (κ3) is 4.13. The minimum atomic E-state index is -0.504. The van der Waals surface area contributed by atoms with Gasteiger partial charge in [-0.05, 0) is 68.5 Å². The van der Waals surface area contributed by atoms with E-state index in [2.05, 4.69) is 12.2 Å². The first-order valence-electron chi connectivity index (χ1n) is 8.03. The Hall–Kier alpha value is -2.29. The summed E-state index contributed by atoms with van der Waals surface area (Å²) in [7, 11) is 0. The summed E-state index contributed by atoms with van der Waals surface area (Å²) in [5.41, 5.74) is 5.36. The van der Waals surface area contributed by atoms with Gasteiger partial charge in [-0.25, -0.2) is 0 Å². The van der Waals surface area contributed by atoms with Crippen LogP contribution in [-0.2, 0) is 4.79 Å². The van der Waals surface area contributed by atoms with Crippen LogP contribution in [0, 0.1) is 27.7 Å². The largest absolute Gasteiger partial charge is 0.481 e. The van der Waals surface area contributed by atoms with Gasteiger partial charge in [-0.2, -0.15) is 0 Å². The Bertz CT molecular complexity index is 687. The van der Waals surface area contributed by atoms with Gasteiger partial charge in [0, 0.05) is 5.69 Å². The van der Waals surface area contributed by atoms with Gasteiger partial charge in [-0.15, -0.1) is 0 Å². The van der Waals surface area contributed by atoms with Crippen LogP contribution in [0.1, 0.15) is 35.6 Å². The van der Waals surface area contributed by atoms with E-state index >= 15 is 0 Å². The summed E-state index contributed by atoms with van der Waals surface area (Å²) < 4.78 is 5.90. The van der Waals surface area contributed by atoms with E-state index in [1.807, 2.05) is 64.1 Å². The van der Waals surface area contributed by atoms with E-state index < -0.39 is 6.10 Å². The number of ether oxygens (including phenoxy) is 1. The fourth-order valence-corrected chi connectivity index (χ4v) is 2.49. The highest BCUT2D eigenvalue weighted by molar-refractivity contribution is 5.95. The maximum Gasteiger partial charge on any atom is 0.265 e. The molecule has 23 heavy (non-hydrogen) atoms. The zero-order valence-corrected chi connectivity index (χ0v) is 14.6. The molecule has 122 valence electrons. The molecule has 0 spiro atoms. The molecule has 0 radical (unpaired) electrons. The van der Waals surface area contributed by atoms with E-state index in [9.17, 15) is 4.79 Å². The molecule has 2 rings (SSSR count). The summed E-state index contributed by atoms with van der Waals surface area (Å²) in [6.45, 7) is 10.0. The monoisotopic (exact) mass is 311 g/mol. The van der Waals surface area contributed by atoms with Crippen molar-refractivity contribution in [3.63, 3.8) is 0 Å². The molecule has 0 heterocycles. The summed E-state index contributed by atoms with van der Waals surface area (Å²) in [5, 5.41) is 3.01. The predicted molar refractivity (Wildman–Crippen MR) is 95.2 cm³/mol. The average molecular weight is 311 g/mol. The first-order valence-corrected chi connectivity index (χ1v) is 8.03. The molecule has 0 aliphatic heterocycles. The molecule has 2 aromatic rings. The minimum absolute atomic E-state index is 0.108. The molecular formula is C20H25NO2. The summed E-state index contributed by atoms with van der Waals surface area (Å²) in [6, 6.07) is 11.9. The number of rotatable bonds is 5. The van der Waals surface area contributed by atoms with Gasteiger partial charge in [0.05, 0.1) is 0 Å². The third-order valence-electron chi connectivity index (χ3n) is 4.15. The number of hydrogen-bond acceptors (Lipinski definition) is 2. The van der Waals surface area contributed by atoms with Gasteiger partial charge < -0.3 is 10.1 Å². The molecule has 2 aromatic carbocycles. The smallest absolute Gasteiger partial charge is 0.265 e. The lowest BCUT2D eigenvalue weighted by molar-refractivity contribution is -0.122. The van der Waals surface area contributed by atoms with Crippen molar-refractivity contribution < 1.29 is 9.53 Å². The maximum atomic E-state index is 12.6. The molecule has 0 aromatic heterocycles. The summed E-state index contributed by atoms with van der Waals surface area (Å²) >= 11 is 0. The molecule has 0 bridgehead atoms. The molecular weight excluding hydrogens is 286 g/mol. The van der Waals surface area contributed by atoms with Crippen molar-refractivity contribution in [3.05, 3.63) is 58.7 Å². The lowest BCUT2D eigenvalue weighted by Crippen LogP contribution is -2.32. The second-order valence-electron chi connectivity index (χ2n) is 6.02. The quantitative estimate of drug-likeness (QED) is 0.868. The van der Waals surface area contributed by atoms with Crippen LogP contribution in [0.4, 0.5) is 5.69 Å². The molecule has 0 saturated carbocycles. The SMILES string of the molecule is CCC(Oc1ccc(C)c(C)c1)C(=O)Nc1c(C)cccc1C. The molecule has 1 unspecified atom stereocenters. The lowest BCUT2D eigenvalue weighted by Gasteiger charge is -2.19. The highest BCUT2D eigenvalue weighted by atomic mass is 16.5. The van der Waals surface area contributed by atoms with Crippen molar-refractivity contribution in [1.82, 2.24) is 0 Å². The van der Waals surface area contributed by atoms with Crippen LogP contribution in [0.2, 0.25) is 0 Å². The van der Waals surface area contributed by atoms with Crippen LogP contribution in [0.5, 0.6) is 5.75 Å². The lowest BCUT2D eigenvalue weighted by atomic mass is 10.1. The van der Waals surface area contributed by atoms with Crippen molar-refractivity contribution in [2.45, 2.75) is 47.1 Å². The molecule has 0 fully saturated rings. The van der Waals surface area contributed by atoms with Crippen LogP contribution in [0.3, 0.4) is 0 Å². The number of hydrogen-bond donors (Lipinski definition) is 1. The van der Waals surface area contributed by atoms with Gasteiger partial charge in [-0.1, -0.05) is 31.2 Å². The second kappa shape index (κ2) is 7.32. The van der Waals surface area contributed by atoms with Crippen molar-refractivity contribution in [3.8, 4) is 5.75 Å². The standard InChI is InChI=1S/C20H25NO2/c1-6-18(23-17-11-10-13(2)16(5)12-17)20(22)21-19-14(3)8-7-9-15(19)4/h7-12,18H,6H2,1-5H3,(H,21,22). The zero-order valence-electron chi connectivity index (χ0n) is 14.6. The van der Waals surface area contributed by atoms with Crippen LogP contribution in [0.15, 0.2) is 36.4 Å². The number of aryl methyl sites for hydroxylation is 4. The Kier molecular flexibility index (Phi) is 5.43. The van der Waals surface area contributed by atoms with Crippen LogP contribution < -0.4 is 10.1 Å². The van der Waals surface area contributed by atoms with E-state index in [1.54, 1.807) is 0 Å². The number of benzene rings is 2. The van der Waals surface area contributed by atoms with Gasteiger partial charge in [0.1, 0.15) is 5.75 Å². The first-order chi connectivity index (χ1) is 10.9. The summed E-state index contributed by atoms with van der Waals surface area (Å²) in [6.07, 6.45) is 0.111. The molecule has 0 aliphatic rings. The zero-order chi connectivity index (χ0) is 17.0. The van der Waals surface area contributed by atoms with Gasteiger partial charge in [0.2, 0.25) is 0 Å². The molecule has 3 nitrogen and oxygen atoms in total. The third-order valence-corrected chi connectivity index (χ3v) is 4.15. The van der Waals surface area contributed by atoms with Crippen molar-refractivity contribution >= 4 is 11.6 Å². The van der Waals surface area contributed by atoms with E-state index in [0.717, 1.165) is 28.1 Å². The Balaban J connectivity index is 2.13. The van der Waals surface area contributed by atoms with Crippen LogP contribution in [0.25, 0.3) is 0 Å². The molecule has 3 heteroatoms. The molecule has 1 atom stereocenters. The van der Waals surface area contributed by atoms with Crippen LogP contribution in [-0.4, -0.2) is 12.0 Å². The van der Waals surface area contributed by atoms with E-state index in [-0.39, 0.29) is 5.91 Å². The van der Waals surface area contributed by atoms with Crippen molar-refractivity contribution in [2.24, 2.45) is 0 Å². The van der Waals surface area contributed by atoms with E-state index in [4.69, 9.17) is 4.74 Å². The Morgan fingerprint density at radius 1 is 1.00 bits per heavy atom. The summed E-state index contributed by atoms with van der Waals surface area (Å²) in [4.78, 5) is 12.6. The first kappa shape index (κ1) is 17.1. The Labute approximate surface area is 138 Å². The second-order valence-corrected chi connectivity index (χ2v) is 6.02. The fourth-order valence-electron chi connectivity index (χ4n) is 2.49. The number of nitrogens with one attached hydrogen (secondary N) is 1. The van der Waals surface area contributed by atoms with Gasteiger partial charge in [0.15, 0.2) is 6.10 Å². The van der Waals surface area contributed by atoms with Crippen molar-refractivity contribution in [1.29, 1.82) is 0 Å². The minimum Gasteiger partial charge on any atom is -0.481 e. The van der Waals surface area contributed by atoms with Gasteiger partial charge >= 0.3 is 0 Å². The molecule has 1 N–H and O–H groups in total. The highest BCUT2D eigenvalue weighted by Crippen LogP contribution is 2.22. The number of carbonyl (C=O) groups excluding carboxylic acids is 1. The average Bonchev–Trinajstić information content (AvgIpc) is 2.52. The van der Waals surface area contributed by atoms with E-state index in [0.29, 0.717) is 6.42 Å². The molecule has 1 amide bonds. The highest BCUT2D eigenvalue weighted by Gasteiger charge is 2.20. The maximum absolute atomic E-state index is 12.6. The number of carbonyl (C=O) groups is 1. The van der Waals surface area contributed by atoms with Crippen LogP contribution >= 0.6 is 0 Å². The fraction of sp³-hybridized carbons (Fsp3) is 0.350. The number of anilines is 1. The molecule has 0 aliphatic carbocycles. The van der Waals surface area contributed by atoms with Crippen molar-refractivity contribution in [2.75, 3.05) is 5.32 Å². The predicted octanol–water partition coefficient (Wildman–Crippen LogP) is 4.72. The Morgan fingerprint density at radius 2 is 1.65 bits per heavy atom. The van der Waals surface area contributed by atoms with Gasteiger partial charge in [-0.3, -0.25) is 4.79 Å². The number of para-hydroxylation sites is 1. The number of amides is 1.